The molecule has 0 aliphatic heterocycles. The number of nitrogens with one attached hydrogen (secondary N) is 1. The first-order chi connectivity index (χ1) is 13.0. The van der Waals surface area contributed by atoms with Crippen LogP contribution >= 0.6 is 0 Å². The first-order valence-electron chi connectivity index (χ1n) is 9.92. The van der Waals surface area contributed by atoms with Crippen LogP contribution in [-0.2, 0) is 11.3 Å². The van der Waals surface area contributed by atoms with Crippen LogP contribution in [0.4, 0.5) is 13.2 Å². The molecule has 4 aliphatic carbocycles. The van der Waals surface area contributed by atoms with Gasteiger partial charge in [-0.3, -0.25) is 4.79 Å². The number of alkyl halides is 3. The molecule has 154 valence electrons. The topological polar surface area (TPSA) is 51.2 Å². The summed E-state index contributed by atoms with van der Waals surface area (Å²) in [4.78, 5) is 17.1. The Bertz CT molecular complexity index is 761. The van der Waals surface area contributed by atoms with Crippen LogP contribution in [0.2, 0.25) is 0 Å². The zero-order valence-electron chi connectivity index (χ0n) is 16.4. The zero-order valence-corrected chi connectivity index (χ0v) is 16.4. The van der Waals surface area contributed by atoms with E-state index >= 15 is 0 Å². The first kappa shape index (κ1) is 19.5. The van der Waals surface area contributed by atoms with E-state index in [0.717, 1.165) is 19.3 Å². The number of carbonyl (C=O) groups is 1. The average Bonchev–Trinajstić information content (AvgIpc) is 2.54. The molecule has 0 radical (unpaired) electrons. The van der Waals surface area contributed by atoms with Crippen molar-refractivity contribution in [3.8, 4) is 5.88 Å². The van der Waals surface area contributed by atoms with Crippen molar-refractivity contribution in [2.24, 2.45) is 22.2 Å². The lowest BCUT2D eigenvalue weighted by Gasteiger charge is -2.64. The molecule has 4 bridgehead atoms. The van der Waals surface area contributed by atoms with Crippen molar-refractivity contribution in [3.63, 3.8) is 0 Å². The molecule has 28 heavy (non-hydrogen) atoms. The molecule has 4 aliphatic rings. The van der Waals surface area contributed by atoms with Gasteiger partial charge >= 0.3 is 6.18 Å². The van der Waals surface area contributed by atoms with Gasteiger partial charge in [-0.1, -0.05) is 19.9 Å². The third kappa shape index (κ3) is 3.72. The molecule has 1 N–H and O–H groups in total. The van der Waals surface area contributed by atoms with Gasteiger partial charge < -0.3 is 10.1 Å². The number of carbonyl (C=O) groups excluding carboxylic acids is 1. The summed E-state index contributed by atoms with van der Waals surface area (Å²) in [5.41, 5.74) is 0.557. The molecule has 0 spiro atoms. The summed E-state index contributed by atoms with van der Waals surface area (Å²) in [7, 11) is 0. The smallest absolute Gasteiger partial charge is 0.422 e. The van der Waals surface area contributed by atoms with E-state index in [4.69, 9.17) is 4.74 Å². The standard InChI is InChI=1S/C21H27F3N2O2/c1-18-6-14-7-19(2,10-18)12-20(8-14,11-18)17(27)26-9-15-4-3-5-25-16(15)28-13-21(22,23)24/h3-5,14H,6-13H2,1-2H3,(H,26,27). The molecular weight excluding hydrogens is 369 g/mol. The number of pyridine rings is 1. The Hall–Kier alpha value is -1.79. The van der Waals surface area contributed by atoms with E-state index in [1.165, 1.54) is 25.5 Å². The normalized spacial score (nSPS) is 36.4. The Morgan fingerprint density at radius 1 is 1.21 bits per heavy atom. The van der Waals surface area contributed by atoms with E-state index in [1.54, 1.807) is 12.1 Å². The number of nitrogens with zero attached hydrogens (tertiary/aromatic N) is 1. The quantitative estimate of drug-likeness (QED) is 0.789. The maximum absolute atomic E-state index is 13.2. The lowest BCUT2D eigenvalue weighted by atomic mass is 9.40. The SMILES string of the molecule is CC12CC3CC(C)(C1)CC(C(=O)NCc1cccnc1OCC(F)(F)F)(C3)C2. The number of aromatic nitrogens is 1. The molecule has 4 saturated carbocycles. The minimum atomic E-state index is -4.43. The summed E-state index contributed by atoms with van der Waals surface area (Å²) in [6.07, 6.45) is 3.29. The van der Waals surface area contributed by atoms with Crippen molar-refractivity contribution < 1.29 is 22.7 Å². The third-order valence-corrected chi connectivity index (χ3v) is 6.77. The Kier molecular flexibility index (Phi) is 4.43. The molecule has 2 unspecified atom stereocenters. The predicted octanol–water partition coefficient (Wildman–Crippen LogP) is 4.64. The van der Waals surface area contributed by atoms with E-state index in [9.17, 15) is 18.0 Å². The van der Waals surface area contributed by atoms with Gasteiger partial charge in [-0.25, -0.2) is 4.98 Å². The van der Waals surface area contributed by atoms with Crippen molar-refractivity contribution >= 4 is 5.91 Å². The molecule has 1 amide bonds. The van der Waals surface area contributed by atoms with Gasteiger partial charge in [-0.15, -0.1) is 0 Å². The Morgan fingerprint density at radius 2 is 1.89 bits per heavy atom. The minimum Gasteiger partial charge on any atom is -0.468 e. The lowest BCUT2D eigenvalue weighted by molar-refractivity contribution is -0.170. The molecule has 5 rings (SSSR count). The monoisotopic (exact) mass is 396 g/mol. The largest absolute Gasteiger partial charge is 0.468 e. The number of rotatable bonds is 5. The van der Waals surface area contributed by atoms with Crippen molar-refractivity contribution in [3.05, 3.63) is 23.9 Å². The molecule has 0 saturated heterocycles. The third-order valence-electron chi connectivity index (χ3n) is 6.77. The second kappa shape index (κ2) is 6.36. The summed E-state index contributed by atoms with van der Waals surface area (Å²) in [6, 6.07) is 3.27. The second-order valence-electron chi connectivity index (χ2n) is 9.96. The van der Waals surface area contributed by atoms with E-state index < -0.39 is 12.8 Å². The van der Waals surface area contributed by atoms with Crippen LogP contribution < -0.4 is 10.1 Å². The number of hydrogen-bond donors (Lipinski definition) is 1. The van der Waals surface area contributed by atoms with Gasteiger partial charge in [0.05, 0.1) is 5.41 Å². The molecule has 0 aromatic carbocycles. The minimum absolute atomic E-state index is 0.0275. The number of amides is 1. The van der Waals surface area contributed by atoms with Gasteiger partial charge in [0, 0.05) is 18.3 Å². The fourth-order valence-electron chi connectivity index (χ4n) is 6.90. The summed E-state index contributed by atoms with van der Waals surface area (Å²) in [6.45, 7) is 3.34. The van der Waals surface area contributed by atoms with Crippen LogP contribution in [0.5, 0.6) is 5.88 Å². The fraction of sp³-hybridized carbons (Fsp3) is 0.714. The molecular formula is C21H27F3N2O2. The molecule has 7 heteroatoms. The van der Waals surface area contributed by atoms with Crippen LogP contribution in [0, 0.1) is 22.2 Å². The van der Waals surface area contributed by atoms with Crippen LogP contribution in [-0.4, -0.2) is 23.7 Å². The van der Waals surface area contributed by atoms with Crippen molar-refractivity contribution in [2.75, 3.05) is 6.61 Å². The fourth-order valence-corrected chi connectivity index (χ4v) is 6.90. The van der Waals surface area contributed by atoms with Crippen LogP contribution in [0.15, 0.2) is 18.3 Å². The number of halogens is 3. The van der Waals surface area contributed by atoms with Gasteiger partial charge in [0.25, 0.3) is 0 Å². The zero-order chi connectivity index (χ0) is 20.2. The van der Waals surface area contributed by atoms with Crippen molar-refractivity contribution in [1.29, 1.82) is 0 Å². The maximum atomic E-state index is 13.2. The average molecular weight is 396 g/mol. The van der Waals surface area contributed by atoms with Gasteiger partial charge in [-0.2, -0.15) is 13.2 Å². The first-order valence-corrected chi connectivity index (χ1v) is 9.92. The van der Waals surface area contributed by atoms with Gasteiger partial charge in [0.1, 0.15) is 0 Å². The van der Waals surface area contributed by atoms with E-state index in [2.05, 4.69) is 24.1 Å². The molecule has 4 fully saturated rings. The van der Waals surface area contributed by atoms with Crippen LogP contribution in [0.25, 0.3) is 0 Å². The highest BCUT2D eigenvalue weighted by molar-refractivity contribution is 5.83. The Morgan fingerprint density at radius 3 is 2.50 bits per heavy atom. The van der Waals surface area contributed by atoms with E-state index in [-0.39, 0.29) is 34.6 Å². The van der Waals surface area contributed by atoms with Gasteiger partial charge in [-0.05, 0) is 61.3 Å². The highest BCUT2D eigenvalue weighted by Gasteiger charge is 2.62. The van der Waals surface area contributed by atoms with Gasteiger partial charge in [0.2, 0.25) is 11.8 Å². The highest BCUT2D eigenvalue weighted by Crippen LogP contribution is 2.69. The summed E-state index contributed by atoms with van der Waals surface area (Å²) >= 11 is 0. The van der Waals surface area contributed by atoms with E-state index in [0.29, 0.717) is 11.5 Å². The molecule has 1 aromatic heterocycles. The van der Waals surface area contributed by atoms with Crippen LogP contribution in [0.1, 0.15) is 57.9 Å². The summed E-state index contributed by atoms with van der Waals surface area (Å²) < 4.78 is 42.2. The number of hydrogen-bond acceptors (Lipinski definition) is 3. The Balaban J connectivity index is 1.46. The Labute approximate surface area is 163 Å². The van der Waals surface area contributed by atoms with Gasteiger partial charge in [0.15, 0.2) is 6.61 Å². The molecule has 1 aromatic rings. The lowest BCUT2D eigenvalue weighted by Crippen LogP contribution is -2.59. The van der Waals surface area contributed by atoms with Crippen LogP contribution in [0.3, 0.4) is 0 Å². The summed E-state index contributed by atoms with van der Waals surface area (Å²) in [5, 5.41) is 2.99. The summed E-state index contributed by atoms with van der Waals surface area (Å²) in [5.74, 6) is 0.547. The molecule has 4 nitrogen and oxygen atoms in total. The van der Waals surface area contributed by atoms with Crippen molar-refractivity contribution in [2.45, 2.75) is 65.1 Å². The molecule has 1 heterocycles. The predicted molar refractivity (Wildman–Crippen MR) is 97.5 cm³/mol. The molecule has 2 atom stereocenters. The van der Waals surface area contributed by atoms with E-state index in [1.807, 2.05) is 0 Å². The van der Waals surface area contributed by atoms with Crippen molar-refractivity contribution in [1.82, 2.24) is 10.3 Å². The number of ether oxygens (including phenoxy) is 1. The second-order valence-corrected chi connectivity index (χ2v) is 9.96. The highest BCUT2D eigenvalue weighted by atomic mass is 19.4. The maximum Gasteiger partial charge on any atom is 0.422 e.